The highest BCUT2D eigenvalue weighted by Gasteiger charge is 2.01. The molecule has 68 valence electrons. The van der Waals surface area contributed by atoms with Crippen molar-refractivity contribution in [2.45, 2.75) is 6.42 Å². The van der Waals surface area contributed by atoms with Crippen LogP contribution in [0.15, 0.2) is 22.7 Å². The van der Waals surface area contributed by atoms with E-state index in [0.717, 1.165) is 0 Å². The zero-order valence-electron chi connectivity index (χ0n) is 6.78. The largest absolute Gasteiger partial charge is 0.206 e. The second-order valence-electron chi connectivity index (χ2n) is 2.34. The van der Waals surface area contributed by atoms with Gasteiger partial charge in [-0.3, -0.25) is 0 Å². The van der Waals surface area contributed by atoms with Crippen molar-refractivity contribution in [2.24, 2.45) is 0 Å². The summed E-state index contributed by atoms with van der Waals surface area (Å²) in [6, 6.07) is 4.77. The van der Waals surface area contributed by atoms with Crippen molar-refractivity contribution in [1.82, 2.24) is 0 Å². The van der Waals surface area contributed by atoms with Crippen molar-refractivity contribution in [3.05, 3.63) is 34.1 Å². The molecule has 1 aromatic rings. The van der Waals surface area contributed by atoms with E-state index in [1.54, 1.807) is 12.1 Å². The number of benzene rings is 1. The standard InChI is InChI=1S/C10H7BrClF/c11-9-5-3-6-10(13)8(9)4-1-2-7-12/h3,5-6H,2,7H2. The van der Waals surface area contributed by atoms with Crippen LogP contribution in [0.25, 0.3) is 0 Å². The molecule has 13 heavy (non-hydrogen) atoms. The number of halogens is 3. The van der Waals surface area contributed by atoms with Gasteiger partial charge in [-0.05, 0) is 28.1 Å². The molecule has 0 spiro atoms. The molecular weight excluding hydrogens is 254 g/mol. The normalized spacial score (nSPS) is 9.15. The maximum Gasteiger partial charge on any atom is 0.139 e. The number of hydrogen-bond acceptors (Lipinski definition) is 0. The summed E-state index contributed by atoms with van der Waals surface area (Å²) in [6.07, 6.45) is 0.572. The highest BCUT2D eigenvalue weighted by molar-refractivity contribution is 9.10. The molecule has 0 aliphatic rings. The van der Waals surface area contributed by atoms with Gasteiger partial charge < -0.3 is 0 Å². The minimum Gasteiger partial charge on any atom is -0.206 e. The molecule has 1 aromatic carbocycles. The SMILES string of the molecule is Fc1cccc(Br)c1C#CCCCl. The van der Waals surface area contributed by atoms with E-state index < -0.39 is 0 Å². The van der Waals surface area contributed by atoms with Gasteiger partial charge >= 0.3 is 0 Å². The van der Waals surface area contributed by atoms with Gasteiger partial charge in [0.2, 0.25) is 0 Å². The molecule has 0 atom stereocenters. The molecule has 1 rings (SSSR count). The van der Waals surface area contributed by atoms with E-state index in [9.17, 15) is 4.39 Å². The van der Waals surface area contributed by atoms with Crippen molar-refractivity contribution in [1.29, 1.82) is 0 Å². The Hall–Kier alpha value is -0.520. The van der Waals surface area contributed by atoms with Crippen molar-refractivity contribution in [3.63, 3.8) is 0 Å². The molecule has 0 bridgehead atoms. The van der Waals surface area contributed by atoms with E-state index in [1.165, 1.54) is 6.07 Å². The van der Waals surface area contributed by atoms with Crippen LogP contribution in [0.2, 0.25) is 0 Å². The van der Waals surface area contributed by atoms with Gasteiger partial charge in [0.15, 0.2) is 0 Å². The first-order valence-electron chi connectivity index (χ1n) is 3.74. The Balaban J connectivity index is 2.95. The summed E-state index contributed by atoms with van der Waals surface area (Å²) < 4.78 is 13.8. The van der Waals surface area contributed by atoms with Gasteiger partial charge in [0.05, 0.1) is 5.56 Å². The van der Waals surface area contributed by atoms with Crippen molar-refractivity contribution >= 4 is 27.5 Å². The fourth-order valence-corrected chi connectivity index (χ4v) is 1.35. The van der Waals surface area contributed by atoms with Gasteiger partial charge in [-0.2, -0.15) is 0 Å². The van der Waals surface area contributed by atoms with Gasteiger partial charge in [0, 0.05) is 16.8 Å². The smallest absolute Gasteiger partial charge is 0.139 e. The van der Waals surface area contributed by atoms with E-state index in [0.29, 0.717) is 22.3 Å². The first-order valence-corrected chi connectivity index (χ1v) is 5.07. The number of hydrogen-bond donors (Lipinski definition) is 0. The van der Waals surface area contributed by atoms with Crippen LogP contribution in [-0.4, -0.2) is 5.88 Å². The molecule has 0 aliphatic carbocycles. The Labute approximate surface area is 90.2 Å². The van der Waals surface area contributed by atoms with Gasteiger partial charge in [-0.1, -0.05) is 17.9 Å². The van der Waals surface area contributed by atoms with Crippen molar-refractivity contribution in [3.8, 4) is 11.8 Å². The topological polar surface area (TPSA) is 0 Å². The zero-order valence-corrected chi connectivity index (χ0v) is 9.12. The number of alkyl halides is 1. The monoisotopic (exact) mass is 260 g/mol. The third-order valence-corrected chi connectivity index (χ3v) is 2.25. The molecule has 0 saturated carbocycles. The first-order chi connectivity index (χ1) is 6.25. The molecular formula is C10H7BrClF. The Morgan fingerprint density at radius 3 is 2.85 bits per heavy atom. The second kappa shape index (κ2) is 5.26. The summed E-state index contributed by atoms with van der Waals surface area (Å²) in [5, 5.41) is 0. The minimum atomic E-state index is -0.309. The molecule has 0 N–H and O–H groups in total. The lowest BCUT2D eigenvalue weighted by Crippen LogP contribution is -1.84. The summed E-state index contributed by atoms with van der Waals surface area (Å²) in [5.41, 5.74) is 0.396. The average molecular weight is 262 g/mol. The Bertz CT molecular complexity index is 331. The summed E-state index contributed by atoms with van der Waals surface area (Å²) >= 11 is 8.66. The van der Waals surface area contributed by atoms with E-state index in [4.69, 9.17) is 11.6 Å². The van der Waals surface area contributed by atoms with Crippen molar-refractivity contribution < 1.29 is 4.39 Å². The maximum atomic E-state index is 13.1. The van der Waals surface area contributed by atoms with Crippen LogP contribution in [0.4, 0.5) is 4.39 Å². The van der Waals surface area contributed by atoms with E-state index in [-0.39, 0.29) is 5.82 Å². The van der Waals surface area contributed by atoms with Crippen LogP contribution in [-0.2, 0) is 0 Å². The zero-order chi connectivity index (χ0) is 9.68. The fraction of sp³-hybridized carbons (Fsp3) is 0.200. The van der Waals surface area contributed by atoms with Gasteiger partial charge in [-0.15, -0.1) is 11.6 Å². The average Bonchev–Trinajstić information content (AvgIpc) is 2.10. The first kappa shape index (κ1) is 10.6. The molecule has 0 aliphatic heterocycles. The van der Waals surface area contributed by atoms with Crippen molar-refractivity contribution in [2.75, 3.05) is 5.88 Å². The molecule has 0 radical (unpaired) electrons. The highest BCUT2D eigenvalue weighted by atomic mass is 79.9. The van der Waals surface area contributed by atoms with Crippen LogP contribution >= 0.6 is 27.5 Å². The van der Waals surface area contributed by atoms with Crippen LogP contribution < -0.4 is 0 Å². The lowest BCUT2D eigenvalue weighted by molar-refractivity contribution is 0.623. The van der Waals surface area contributed by atoms with Crippen LogP contribution in [0.3, 0.4) is 0 Å². The Morgan fingerprint density at radius 1 is 1.46 bits per heavy atom. The Morgan fingerprint density at radius 2 is 2.23 bits per heavy atom. The quantitative estimate of drug-likeness (QED) is 0.535. The predicted octanol–water partition coefficient (Wildman–Crippen LogP) is 3.57. The maximum absolute atomic E-state index is 13.1. The second-order valence-corrected chi connectivity index (χ2v) is 3.57. The summed E-state index contributed by atoms with van der Waals surface area (Å²) in [6.45, 7) is 0. The van der Waals surface area contributed by atoms with E-state index in [1.807, 2.05) is 0 Å². The molecule has 3 heteroatoms. The summed E-state index contributed by atoms with van der Waals surface area (Å²) in [7, 11) is 0. The molecule has 0 fully saturated rings. The molecule has 0 heterocycles. The van der Waals surface area contributed by atoms with E-state index in [2.05, 4.69) is 27.8 Å². The molecule has 0 amide bonds. The van der Waals surface area contributed by atoms with Gasteiger partial charge in [0.1, 0.15) is 5.82 Å². The predicted molar refractivity (Wildman–Crippen MR) is 56.3 cm³/mol. The minimum absolute atomic E-state index is 0.309. The molecule has 0 nitrogen and oxygen atoms in total. The summed E-state index contributed by atoms with van der Waals surface area (Å²) in [4.78, 5) is 0. The van der Waals surface area contributed by atoms with Gasteiger partial charge in [0.25, 0.3) is 0 Å². The van der Waals surface area contributed by atoms with Crippen LogP contribution in [0.5, 0.6) is 0 Å². The lowest BCUT2D eigenvalue weighted by Gasteiger charge is -1.96. The highest BCUT2D eigenvalue weighted by Crippen LogP contribution is 2.18. The Kier molecular flexibility index (Phi) is 4.27. The fourth-order valence-electron chi connectivity index (χ4n) is 0.815. The van der Waals surface area contributed by atoms with Gasteiger partial charge in [-0.25, -0.2) is 4.39 Å². The van der Waals surface area contributed by atoms with Crippen LogP contribution in [0, 0.1) is 17.7 Å². The molecule has 0 saturated heterocycles. The molecule has 0 unspecified atom stereocenters. The third kappa shape index (κ3) is 3.02. The lowest BCUT2D eigenvalue weighted by atomic mass is 10.2. The summed E-state index contributed by atoms with van der Waals surface area (Å²) in [5.74, 6) is 5.67. The number of rotatable bonds is 1. The third-order valence-electron chi connectivity index (χ3n) is 1.40. The molecule has 0 aromatic heterocycles. The van der Waals surface area contributed by atoms with Crippen LogP contribution in [0.1, 0.15) is 12.0 Å². The van der Waals surface area contributed by atoms with E-state index >= 15 is 0 Å².